The van der Waals surface area contributed by atoms with Gasteiger partial charge in [0.05, 0.1) is 11.3 Å². The Morgan fingerprint density at radius 3 is 2.43 bits per heavy atom. The molecular weight excluding hydrogens is 375 g/mol. The van der Waals surface area contributed by atoms with E-state index < -0.39 is 17.6 Å². The molecule has 0 fully saturated rings. The lowest BCUT2D eigenvalue weighted by Gasteiger charge is -2.16. The highest BCUT2D eigenvalue weighted by atomic mass is 32.1. The molecule has 0 saturated carbocycles. The summed E-state index contributed by atoms with van der Waals surface area (Å²) < 4.78 is 13.6. The smallest absolute Gasteiger partial charge is 0.282 e. The lowest BCUT2D eigenvalue weighted by atomic mass is 10.1. The molecule has 28 heavy (non-hydrogen) atoms. The number of thiophene rings is 1. The number of amides is 2. The third-order valence-electron chi connectivity index (χ3n) is 4.69. The number of hydrogen-bond acceptors (Lipinski definition) is 4. The molecule has 0 bridgehead atoms. The number of aryl methyl sites for hydroxylation is 2. The van der Waals surface area contributed by atoms with Crippen LogP contribution in [0.4, 0.5) is 15.8 Å². The first-order valence-corrected chi connectivity index (χ1v) is 9.60. The van der Waals surface area contributed by atoms with Crippen LogP contribution in [0.5, 0.6) is 0 Å². The van der Waals surface area contributed by atoms with E-state index in [9.17, 15) is 14.0 Å². The van der Waals surface area contributed by atoms with Gasteiger partial charge in [0.15, 0.2) is 0 Å². The van der Waals surface area contributed by atoms with E-state index in [1.807, 2.05) is 37.4 Å². The second kappa shape index (κ2) is 7.05. The summed E-state index contributed by atoms with van der Waals surface area (Å²) in [6, 6.07) is 14.9. The van der Waals surface area contributed by atoms with Gasteiger partial charge in [-0.15, -0.1) is 11.3 Å². The summed E-state index contributed by atoms with van der Waals surface area (Å²) >= 11 is 1.37. The van der Waals surface area contributed by atoms with Crippen molar-refractivity contribution in [2.45, 2.75) is 13.8 Å². The van der Waals surface area contributed by atoms with Gasteiger partial charge in [0, 0.05) is 10.6 Å². The first-order chi connectivity index (χ1) is 13.5. The Morgan fingerprint density at radius 2 is 1.75 bits per heavy atom. The predicted molar refractivity (Wildman–Crippen MR) is 110 cm³/mol. The maximum Gasteiger partial charge on any atom is 0.282 e. The molecule has 3 aromatic rings. The number of anilines is 2. The minimum absolute atomic E-state index is 0.149. The third kappa shape index (κ3) is 3.12. The van der Waals surface area contributed by atoms with Gasteiger partial charge >= 0.3 is 0 Å². The van der Waals surface area contributed by atoms with Gasteiger partial charge in [-0.05, 0) is 66.8 Å². The molecule has 0 radical (unpaired) electrons. The van der Waals surface area contributed by atoms with Crippen LogP contribution >= 0.6 is 11.3 Å². The maximum atomic E-state index is 13.6. The number of halogens is 1. The highest BCUT2D eigenvalue weighted by molar-refractivity contribution is 7.11. The fourth-order valence-electron chi connectivity index (χ4n) is 3.10. The van der Waals surface area contributed by atoms with Gasteiger partial charge in [0.25, 0.3) is 11.8 Å². The Hall–Kier alpha value is -3.25. The van der Waals surface area contributed by atoms with Crippen LogP contribution in [0.1, 0.15) is 16.0 Å². The molecule has 1 N–H and O–H groups in total. The van der Waals surface area contributed by atoms with E-state index in [-0.39, 0.29) is 5.70 Å². The first kappa shape index (κ1) is 18.1. The maximum absolute atomic E-state index is 13.6. The molecule has 0 saturated heterocycles. The molecule has 1 aliphatic rings. The molecule has 2 heterocycles. The van der Waals surface area contributed by atoms with Gasteiger partial charge < -0.3 is 5.32 Å². The van der Waals surface area contributed by atoms with Gasteiger partial charge in [-0.1, -0.05) is 18.2 Å². The number of benzene rings is 2. The van der Waals surface area contributed by atoms with Gasteiger partial charge in [-0.2, -0.15) is 0 Å². The summed E-state index contributed by atoms with van der Waals surface area (Å²) in [6.07, 6.45) is 0. The highest BCUT2D eigenvalue weighted by Gasteiger charge is 2.40. The lowest BCUT2D eigenvalue weighted by Crippen LogP contribution is -2.32. The summed E-state index contributed by atoms with van der Waals surface area (Å²) in [5.74, 6) is -1.28. The fraction of sp³-hybridized carbons (Fsp3) is 0.0909. The minimum Gasteiger partial charge on any atom is -0.350 e. The van der Waals surface area contributed by atoms with Crippen LogP contribution < -0.4 is 10.2 Å². The van der Waals surface area contributed by atoms with Crippen LogP contribution in [0.2, 0.25) is 0 Å². The molecule has 0 aliphatic carbocycles. The Bertz CT molecular complexity index is 1120. The number of imide groups is 1. The molecule has 0 atom stereocenters. The molecule has 2 amide bonds. The summed E-state index contributed by atoms with van der Waals surface area (Å²) in [5.41, 5.74) is 3.43. The van der Waals surface area contributed by atoms with Crippen LogP contribution in [-0.4, -0.2) is 11.8 Å². The SMILES string of the molecule is Cc1ccc(N2C(=O)C(Nc3cccc(F)c3)=C(c3cccs3)C2=O)cc1C. The zero-order chi connectivity index (χ0) is 19.8. The fourth-order valence-corrected chi connectivity index (χ4v) is 3.87. The van der Waals surface area contributed by atoms with E-state index in [1.165, 1.54) is 28.4 Å². The quantitative estimate of drug-likeness (QED) is 0.643. The summed E-state index contributed by atoms with van der Waals surface area (Å²) in [6.45, 7) is 3.91. The standard InChI is InChI=1S/C22H17FN2O2S/c1-13-8-9-17(11-14(13)2)25-21(26)19(18-7-4-10-28-18)20(22(25)27)24-16-6-3-5-15(23)12-16/h3-12,24H,1-2H3. The van der Waals surface area contributed by atoms with Crippen molar-refractivity contribution in [2.24, 2.45) is 0 Å². The van der Waals surface area contributed by atoms with E-state index >= 15 is 0 Å². The van der Waals surface area contributed by atoms with Crippen LogP contribution in [0, 0.1) is 19.7 Å². The van der Waals surface area contributed by atoms with Crippen molar-refractivity contribution >= 4 is 40.1 Å². The Kier molecular flexibility index (Phi) is 4.57. The second-order valence-electron chi connectivity index (χ2n) is 6.58. The van der Waals surface area contributed by atoms with Gasteiger partial charge in [-0.25, -0.2) is 9.29 Å². The second-order valence-corrected chi connectivity index (χ2v) is 7.52. The number of nitrogens with zero attached hydrogens (tertiary/aromatic N) is 1. The van der Waals surface area contributed by atoms with E-state index in [4.69, 9.17) is 0 Å². The van der Waals surface area contributed by atoms with Crippen LogP contribution in [0.3, 0.4) is 0 Å². The van der Waals surface area contributed by atoms with Crippen molar-refractivity contribution in [2.75, 3.05) is 10.2 Å². The van der Waals surface area contributed by atoms with Crippen LogP contribution in [0.25, 0.3) is 5.57 Å². The first-order valence-electron chi connectivity index (χ1n) is 8.72. The Morgan fingerprint density at radius 1 is 0.929 bits per heavy atom. The average Bonchev–Trinajstić information content (AvgIpc) is 3.25. The van der Waals surface area contributed by atoms with Crippen LogP contribution in [-0.2, 0) is 9.59 Å². The molecule has 4 rings (SSSR count). The largest absolute Gasteiger partial charge is 0.350 e. The average molecular weight is 392 g/mol. The van der Waals surface area contributed by atoms with Crippen molar-refractivity contribution in [3.63, 3.8) is 0 Å². The van der Waals surface area contributed by atoms with E-state index in [0.717, 1.165) is 11.1 Å². The summed E-state index contributed by atoms with van der Waals surface area (Å²) in [4.78, 5) is 28.3. The summed E-state index contributed by atoms with van der Waals surface area (Å²) in [7, 11) is 0. The molecule has 1 aromatic heterocycles. The molecule has 1 aliphatic heterocycles. The molecule has 6 heteroatoms. The monoisotopic (exact) mass is 392 g/mol. The molecule has 0 spiro atoms. The van der Waals surface area contributed by atoms with Crippen molar-refractivity contribution in [1.82, 2.24) is 0 Å². The van der Waals surface area contributed by atoms with Gasteiger partial charge in [-0.3, -0.25) is 9.59 Å². The zero-order valence-electron chi connectivity index (χ0n) is 15.3. The number of nitrogens with one attached hydrogen (secondary N) is 1. The molecule has 140 valence electrons. The zero-order valence-corrected chi connectivity index (χ0v) is 16.1. The lowest BCUT2D eigenvalue weighted by molar-refractivity contribution is -0.120. The van der Waals surface area contributed by atoms with Crippen molar-refractivity contribution < 1.29 is 14.0 Å². The number of hydrogen-bond donors (Lipinski definition) is 1. The summed E-state index contributed by atoms with van der Waals surface area (Å²) in [5, 5.41) is 4.81. The van der Waals surface area contributed by atoms with Crippen molar-refractivity contribution in [1.29, 1.82) is 0 Å². The highest BCUT2D eigenvalue weighted by Crippen LogP contribution is 2.36. The van der Waals surface area contributed by atoms with Crippen molar-refractivity contribution in [3.8, 4) is 0 Å². The van der Waals surface area contributed by atoms with Crippen LogP contribution in [0.15, 0.2) is 65.7 Å². The van der Waals surface area contributed by atoms with Crippen molar-refractivity contribution in [3.05, 3.63) is 87.5 Å². The van der Waals surface area contributed by atoms with E-state index in [1.54, 1.807) is 24.3 Å². The number of carbonyl (C=O) groups is 2. The Labute approximate surface area is 165 Å². The molecular formula is C22H17FN2O2S. The topological polar surface area (TPSA) is 49.4 Å². The molecule has 2 aromatic carbocycles. The van der Waals surface area contributed by atoms with Gasteiger partial charge in [0.2, 0.25) is 0 Å². The number of rotatable bonds is 4. The normalized spacial score (nSPS) is 14.2. The Balaban J connectivity index is 1.80. The minimum atomic E-state index is -0.457. The van der Waals surface area contributed by atoms with E-state index in [0.29, 0.717) is 21.8 Å². The number of carbonyl (C=O) groups excluding carboxylic acids is 2. The van der Waals surface area contributed by atoms with Gasteiger partial charge in [0.1, 0.15) is 11.5 Å². The third-order valence-corrected chi connectivity index (χ3v) is 5.58. The molecule has 4 nitrogen and oxygen atoms in total. The molecule has 0 unspecified atom stereocenters. The predicted octanol–water partition coefficient (Wildman–Crippen LogP) is 4.90. The van der Waals surface area contributed by atoms with E-state index in [2.05, 4.69) is 5.32 Å².